The van der Waals surface area contributed by atoms with Crippen LogP contribution >= 0.6 is 15.6 Å². The summed E-state index contributed by atoms with van der Waals surface area (Å²) in [4.78, 5) is 43.8. The number of allylic oxidation sites excluding steroid dienone is 10. The number of phosphoric ester groups is 2. The molecule has 0 fully saturated rings. The molecule has 17 heteroatoms. The average Bonchev–Trinajstić information content (AvgIpc) is 3.29. The largest absolute Gasteiger partial charge is 0.472 e. The highest BCUT2D eigenvalue weighted by molar-refractivity contribution is 7.47. The summed E-state index contributed by atoms with van der Waals surface area (Å²) < 4.78 is 53.0. The predicted octanol–water partition coefficient (Wildman–Crippen LogP) is 11.4. The number of carbonyl (C=O) groups excluding carboxylic acids is 2. The van der Waals surface area contributed by atoms with Crippen LogP contribution in [-0.4, -0.2) is 95.0 Å². The molecule has 0 aliphatic heterocycles. The summed E-state index contributed by atoms with van der Waals surface area (Å²) in [7, 11) is -9.58. The van der Waals surface area contributed by atoms with E-state index in [4.69, 9.17) is 9.47 Å². The van der Waals surface area contributed by atoms with Gasteiger partial charge in [-0.15, -0.1) is 0 Å². The minimum Gasteiger partial charge on any atom is -0.463 e. The number of unbranched alkanes of at least 4 members (excludes halogenated alkanes) is 19. The summed E-state index contributed by atoms with van der Waals surface area (Å²) in [5.74, 6) is -1.02. The molecule has 15 nitrogen and oxygen atoms in total. The maximum absolute atomic E-state index is 12.2. The Labute approximate surface area is 397 Å². The molecule has 384 valence electrons. The topological polar surface area (TPSA) is 225 Å². The molecule has 0 aromatic heterocycles. The Kier molecular flexibility index (Phi) is 43.7. The van der Waals surface area contributed by atoms with Gasteiger partial charge in [0.05, 0.1) is 26.4 Å². The Morgan fingerprint density at radius 1 is 0.424 bits per heavy atom. The van der Waals surface area contributed by atoms with Gasteiger partial charge in [-0.3, -0.25) is 27.7 Å². The van der Waals surface area contributed by atoms with Gasteiger partial charge in [0.15, 0.2) is 0 Å². The van der Waals surface area contributed by atoms with E-state index in [-0.39, 0.29) is 12.8 Å². The van der Waals surface area contributed by atoms with Crippen LogP contribution in [-0.2, 0) is 46.3 Å². The number of aliphatic hydroxyl groups excluding tert-OH is 3. The van der Waals surface area contributed by atoms with Crippen LogP contribution < -0.4 is 0 Å². The van der Waals surface area contributed by atoms with E-state index in [1.54, 1.807) is 0 Å². The van der Waals surface area contributed by atoms with E-state index < -0.39 is 85.5 Å². The molecular formula is C49H88O15P2. The van der Waals surface area contributed by atoms with Crippen molar-refractivity contribution in [1.82, 2.24) is 0 Å². The molecule has 0 aliphatic rings. The molecule has 0 rings (SSSR count). The van der Waals surface area contributed by atoms with Gasteiger partial charge in [-0.1, -0.05) is 164 Å². The fourth-order valence-corrected chi connectivity index (χ4v) is 7.77. The third-order valence-corrected chi connectivity index (χ3v) is 11.9. The quantitative estimate of drug-likeness (QED) is 0.0126. The SMILES string of the molecule is CC/C=C/C=C/C=C\CCCCCCCC(=O)OCC(O)COP(=O)(O)OCC(O)COP(=O)(O)OCC(O)COC(=O)CCCCCCCCCCCCC/C=C\C/C=C\CCCCC. The Balaban J connectivity index is 3.87. The van der Waals surface area contributed by atoms with Gasteiger partial charge < -0.3 is 34.6 Å². The first-order chi connectivity index (χ1) is 31.8. The van der Waals surface area contributed by atoms with Crippen molar-refractivity contribution >= 4 is 27.6 Å². The number of phosphoric acid groups is 2. The zero-order chi connectivity index (χ0) is 48.8. The second kappa shape index (κ2) is 45.2. The van der Waals surface area contributed by atoms with Gasteiger partial charge in [-0.25, -0.2) is 9.13 Å². The summed E-state index contributed by atoms with van der Waals surface area (Å²) in [6.45, 7) is 0.233. The average molecular weight is 979 g/mol. The van der Waals surface area contributed by atoms with Gasteiger partial charge in [-0.05, 0) is 64.2 Å². The normalized spacial score (nSPS) is 15.6. The number of hydrogen-bond acceptors (Lipinski definition) is 13. The second-order valence-corrected chi connectivity index (χ2v) is 19.4. The van der Waals surface area contributed by atoms with Crippen LogP contribution in [0.25, 0.3) is 0 Å². The van der Waals surface area contributed by atoms with Crippen molar-refractivity contribution in [2.24, 2.45) is 0 Å². The Morgan fingerprint density at radius 3 is 1.15 bits per heavy atom. The van der Waals surface area contributed by atoms with Gasteiger partial charge in [0.2, 0.25) is 0 Å². The van der Waals surface area contributed by atoms with Crippen molar-refractivity contribution in [3.8, 4) is 0 Å². The van der Waals surface area contributed by atoms with Crippen LogP contribution in [0, 0.1) is 0 Å². The van der Waals surface area contributed by atoms with E-state index in [9.17, 15) is 43.8 Å². The molecule has 5 unspecified atom stereocenters. The van der Waals surface area contributed by atoms with Crippen molar-refractivity contribution in [3.05, 3.63) is 60.8 Å². The molecule has 0 radical (unpaired) electrons. The standard InChI is InChI=1S/C49H88O15P2/c1-3-5-7-9-11-13-15-17-18-19-20-21-22-23-24-26-28-30-32-34-36-38-49(54)60-40-46(51)42-62-66(57,58)64-44-47(52)43-63-65(55,56)61-41-45(50)39-59-48(53)37-35-33-31-29-27-25-16-14-12-10-8-6-4-2/h6,8,10-14,16-18,45-47,50-52H,3-5,7,9,15,19-44H2,1-2H3,(H,55,56)(H,57,58)/b8-6+,12-10+,13-11-,16-14-,18-17-. The number of aliphatic hydroxyl groups is 3. The van der Waals surface area contributed by atoms with E-state index in [2.05, 4.69) is 68.4 Å². The van der Waals surface area contributed by atoms with Crippen molar-refractivity contribution < 1.29 is 71.4 Å². The van der Waals surface area contributed by atoms with E-state index in [0.29, 0.717) is 12.8 Å². The molecule has 0 aromatic rings. The van der Waals surface area contributed by atoms with Crippen LogP contribution in [0.5, 0.6) is 0 Å². The van der Waals surface area contributed by atoms with Crippen LogP contribution in [0.2, 0.25) is 0 Å². The highest BCUT2D eigenvalue weighted by atomic mass is 31.2. The molecule has 0 bridgehead atoms. The Bertz CT molecular complexity index is 1420. The molecular weight excluding hydrogens is 890 g/mol. The molecule has 0 amide bonds. The smallest absolute Gasteiger partial charge is 0.463 e. The maximum atomic E-state index is 12.2. The summed E-state index contributed by atoms with van der Waals surface area (Å²) >= 11 is 0. The third kappa shape index (κ3) is 46.8. The number of esters is 2. The van der Waals surface area contributed by atoms with Gasteiger partial charge in [0.1, 0.15) is 31.5 Å². The lowest BCUT2D eigenvalue weighted by molar-refractivity contribution is -0.148. The monoisotopic (exact) mass is 979 g/mol. The molecule has 0 heterocycles. The second-order valence-electron chi connectivity index (χ2n) is 16.5. The molecule has 5 atom stereocenters. The van der Waals surface area contributed by atoms with Gasteiger partial charge in [0.25, 0.3) is 0 Å². The summed E-state index contributed by atoms with van der Waals surface area (Å²) in [6, 6.07) is 0. The molecule has 5 N–H and O–H groups in total. The highest BCUT2D eigenvalue weighted by Gasteiger charge is 2.28. The summed E-state index contributed by atoms with van der Waals surface area (Å²) in [5, 5.41) is 30.0. The van der Waals surface area contributed by atoms with Crippen molar-refractivity contribution in [3.63, 3.8) is 0 Å². The molecule has 0 aliphatic carbocycles. The van der Waals surface area contributed by atoms with E-state index >= 15 is 0 Å². The molecule has 66 heavy (non-hydrogen) atoms. The van der Waals surface area contributed by atoms with Crippen LogP contribution in [0.1, 0.15) is 181 Å². The van der Waals surface area contributed by atoms with Crippen LogP contribution in [0.4, 0.5) is 0 Å². The number of rotatable bonds is 47. The highest BCUT2D eigenvalue weighted by Crippen LogP contribution is 2.45. The first-order valence-electron chi connectivity index (χ1n) is 24.7. The number of ether oxygens (including phenoxy) is 2. The van der Waals surface area contributed by atoms with Crippen LogP contribution in [0.15, 0.2) is 60.8 Å². The zero-order valence-corrected chi connectivity index (χ0v) is 42.1. The van der Waals surface area contributed by atoms with E-state index in [1.807, 2.05) is 24.3 Å². The molecule has 0 saturated heterocycles. The fraction of sp³-hybridized carbons (Fsp3) is 0.755. The van der Waals surface area contributed by atoms with Crippen LogP contribution in [0.3, 0.4) is 0 Å². The minimum absolute atomic E-state index is 0.172. The zero-order valence-electron chi connectivity index (χ0n) is 40.3. The van der Waals surface area contributed by atoms with Crippen molar-refractivity contribution in [2.45, 2.75) is 199 Å². The lowest BCUT2D eigenvalue weighted by Gasteiger charge is -2.19. The third-order valence-electron chi connectivity index (χ3n) is 10.0. The van der Waals surface area contributed by atoms with Gasteiger partial charge in [0, 0.05) is 12.8 Å². The fourth-order valence-electron chi connectivity index (χ4n) is 6.18. The maximum Gasteiger partial charge on any atom is 0.472 e. The predicted molar refractivity (Wildman–Crippen MR) is 260 cm³/mol. The molecule has 0 aromatic carbocycles. The minimum atomic E-state index is -4.79. The lowest BCUT2D eigenvalue weighted by Crippen LogP contribution is -2.25. The van der Waals surface area contributed by atoms with Gasteiger partial charge in [-0.2, -0.15) is 0 Å². The van der Waals surface area contributed by atoms with E-state index in [1.165, 1.54) is 70.6 Å². The summed E-state index contributed by atoms with van der Waals surface area (Å²) in [6.07, 6.45) is 43.6. The molecule has 0 spiro atoms. The van der Waals surface area contributed by atoms with Crippen molar-refractivity contribution in [1.29, 1.82) is 0 Å². The van der Waals surface area contributed by atoms with E-state index in [0.717, 1.165) is 70.6 Å². The lowest BCUT2D eigenvalue weighted by atomic mass is 10.0. The Hall–Kier alpha value is -2.26. The first kappa shape index (κ1) is 63.7. The first-order valence-corrected chi connectivity index (χ1v) is 27.7. The van der Waals surface area contributed by atoms with Crippen molar-refractivity contribution in [2.75, 3.05) is 39.6 Å². The van der Waals surface area contributed by atoms with Gasteiger partial charge >= 0.3 is 27.6 Å². The number of hydrogen-bond donors (Lipinski definition) is 5. The molecule has 0 saturated carbocycles. The Morgan fingerprint density at radius 2 is 0.758 bits per heavy atom. The number of carbonyl (C=O) groups is 2. The summed E-state index contributed by atoms with van der Waals surface area (Å²) in [5.41, 5.74) is 0.